The summed E-state index contributed by atoms with van der Waals surface area (Å²) in [5.41, 5.74) is 6.99. The van der Waals surface area contributed by atoms with Crippen LogP contribution < -0.4 is 10.5 Å². The number of rotatable bonds is 6. The van der Waals surface area contributed by atoms with Crippen molar-refractivity contribution in [2.75, 3.05) is 6.54 Å². The average molecular weight is 307 g/mol. The van der Waals surface area contributed by atoms with Gasteiger partial charge in [-0.1, -0.05) is 12.1 Å². The van der Waals surface area contributed by atoms with Crippen molar-refractivity contribution < 1.29 is 13.5 Å². The molecule has 0 aliphatic heterocycles. The number of aromatic nitrogens is 1. The third-order valence-electron chi connectivity index (χ3n) is 2.96. The summed E-state index contributed by atoms with van der Waals surface area (Å²) in [5.74, 6) is 0.186. The molecule has 0 aliphatic rings. The van der Waals surface area contributed by atoms with Gasteiger partial charge in [-0.15, -0.1) is 0 Å². The Morgan fingerprint density at radius 2 is 1.86 bits per heavy atom. The summed E-state index contributed by atoms with van der Waals surface area (Å²) in [6, 6.07) is 9.72. The van der Waals surface area contributed by atoms with Gasteiger partial charge in [0.05, 0.1) is 5.69 Å². The molecule has 0 saturated carbocycles. The number of hydrogen-bond acceptors (Lipinski definition) is 5. The highest BCUT2D eigenvalue weighted by molar-refractivity contribution is 7.89. The summed E-state index contributed by atoms with van der Waals surface area (Å²) < 4.78 is 26.6. The number of phenolic OH excluding ortho intramolecular Hbond substituents is 1. The lowest BCUT2D eigenvalue weighted by Gasteiger charge is -2.07. The van der Waals surface area contributed by atoms with Crippen LogP contribution in [0.3, 0.4) is 0 Å². The van der Waals surface area contributed by atoms with Crippen molar-refractivity contribution in [3.63, 3.8) is 0 Å². The molecule has 0 fully saturated rings. The summed E-state index contributed by atoms with van der Waals surface area (Å²) >= 11 is 0. The average Bonchev–Trinajstić information content (AvgIpc) is 2.49. The zero-order chi connectivity index (χ0) is 15.3. The van der Waals surface area contributed by atoms with Gasteiger partial charge in [-0.2, -0.15) is 0 Å². The summed E-state index contributed by atoms with van der Waals surface area (Å²) in [6.07, 6.45) is 1.83. The fraction of sp³-hybridized carbons (Fsp3) is 0.214. The van der Waals surface area contributed by atoms with Crippen molar-refractivity contribution in [3.05, 3.63) is 53.9 Å². The van der Waals surface area contributed by atoms with Crippen LogP contribution in [0.1, 0.15) is 11.3 Å². The van der Waals surface area contributed by atoms with Crippen LogP contribution in [-0.2, 0) is 23.0 Å². The third kappa shape index (κ3) is 4.25. The molecule has 6 nitrogen and oxygen atoms in total. The van der Waals surface area contributed by atoms with Gasteiger partial charge >= 0.3 is 0 Å². The quantitative estimate of drug-likeness (QED) is 0.731. The summed E-state index contributed by atoms with van der Waals surface area (Å²) in [5, 5.41) is 9.18. The normalized spacial score (nSPS) is 11.5. The monoisotopic (exact) mass is 307 g/mol. The second-order valence-corrected chi connectivity index (χ2v) is 6.27. The molecule has 0 amide bonds. The number of sulfonamides is 1. The van der Waals surface area contributed by atoms with Crippen molar-refractivity contribution in [3.8, 4) is 5.75 Å². The van der Waals surface area contributed by atoms with Gasteiger partial charge in [-0.3, -0.25) is 4.98 Å². The highest BCUT2D eigenvalue weighted by Crippen LogP contribution is 2.11. The van der Waals surface area contributed by atoms with Crippen LogP contribution in [0.5, 0.6) is 5.75 Å². The van der Waals surface area contributed by atoms with Crippen LogP contribution in [0.2, 0.25) is 0 Å². The van der Waals surface area contributed by atoms with E-state index in [2.05, 4.69) is 9.71 Å². The molecule has 0 atom stereocenters. The van der Waals surface area contributed by atoms with Crippen molar-refractivity contribution in [2.45, 2.75) is 17.9 Å². The van der Waals surface area contributed by atoms with Gasteiger partial charge in [0.2, 0.25) is 10.0 Å². The molecule has 0 spiro atoms. The molecule has 2 rings (SSSR count). The molecule has 112 valence electrons. The molecule has 1 heterocycles. The van der Waals surface area contributed by atoms with E-state index in [9.17, 15) is 13.5 Å². The fourth-order valence-corrected chi connectivity index (χ4v) is 2.74. The van der Waals surface area contributed by atoms with E-state index in [-0.39, 0.29) is 23.7 Å². The van der Waals surface area contributed by atoms with Gasteiger partial charge in [0, 0.05) is 19.3 Å². The predicted octanol–water partition coefficient (Wildman–Crippen LogP) is 0.767. The lowest BCUT2D eigenvalue weighted by atomic mass is 10.1. The molecule has 0 unspecified atom stereocenters. The van der Waals surface area contributed by atoms with Crippen LogP contribution in [0.15, 0.2) is 47.5 Å². The highest BCUT2D eigenvalue weighted by Gasteiger charge is 2.13. The number of hydrogen-bond donors (Lipinski definition) is 3. The second kappa shape index (κ2) is 6.66. The maximum atomic E-state index is 12.1. The minimum Gasteiger partial charge on any atom is -0.508 e. The second-order valence-electron chi connectivity index (χ2n) is 4.50. The number of nitrogens with one attached hydrogen (secondary N) is 1. The van der Waals surface area contributed by atoms with Crippen molar-refractivity contribution in [1.82, 2.24) is 9.71 Å². The minimum atomic E-state index is -3.57. The van der Waals surface area contributed by atoms with Crippen LogP contribution >= 0.6 is 0 Å². The number of benzene rings is 1. The zero-order valence-electron chi connectivity index (χ0n) is 11.4. The largest absolute Gasteiger partial charge is 0.508 e. The smallest absolute Gasteiger partial charge is 0.242 e. The maximum absolute atomic E-state index is 12.1. The molecule has 0 aliphatic carbocycles. The standard InChI is InChI=1S/C14H17N3O3S/c15-9-12-3-6-14(10-16-12)21(19,20)17-8-7-11-1-4-13(18)5-2-11/h1-6,10,17-18H,7-9,15H2. The summed E-state index contributed by atoms with van der Waals surface area (Å²) in [4.78, 5) is 4.08. The number of pyridine rings is 1. The molecule has 4 N–H and O–H groups in total. The Morgan fingerprint density at radius 1 is 1.14 bits per heavy atom. The van der Waals surface area contributed by atoms with E-state index in [4.69, 9.17) is 5.73 Å². The Kier molecular flexibility index (Phi) is 4.89. The van der Waals surface area contributed by atoms with E-state index in [1.807, 2.05) is 0 Å². The first kappa shape index (κ1) is 15.4. The van der Waals surface area contributed by atoms with E-state index in [0.29, 0.717) is 12.1 Å². The van der Waals surface area contributed by atoms with E-state index < -0.39 is 10.0 Å². The van der Waals surface area contributed by atoms with Crippen molar-refractivity contribution >= 4 is 10.0 Å². The molecule has 21 heavy (non-hydrogen) atoms. The van der Waals surface area contributed by atoms with Gasteiger partial charge < -0.3 is 10.8 Å². The molecule has 2 aromatic rings. The predicted molar refractivity (Wildman–Crippen MR) is 79.1 cm³/mol. The van der Waals surface area contributed by atoms with Gasteiger partial charge in [0.25, 0.3) is 0 Å². The van der Waals surface area contributed by atoms with E-state index >= 15 is 0 Å². The Balaban J connectivity index is 1.95. The Hall–Kier alpha value is -1.96. The Morgan fingerprint density at radius 3 is 2.43 bits per heavy atom. The molecular formula is C14H17N3O3S. The zero-order valence-corrected chi connectivity index (χ0v) is 12.2. The number of aromatic hydroxyl groups is 1. The third-order valence-corrected chi connectivity index (χ3v) is 4.41. The van der Waals surface area contributed by atoms with Crippen molar-refractivity contribution in [1.29, 1.82) is 0 Å². The summed E-state index contributed by atoms with van der Waals surface area (Å²) in [6.45, 7) is 0.542. The minimum absolute atomic E-state index is 0.116. The van der Waals surface area contributed by atoms with Gasteiger partial charge in [0.1, 0.15) is 10.6 Å². The summed E-state index contributed by atoms with van der Waals surface area (Å²) in [7, 11) is -3.57. The van der Waals surface area contributed by atoms with Crippen molar-refractivity contribution in [2.24, 2.45) is 5.73 Å². The van der Waals surface area contributed by atoms with Crippen LogP contribution in [0.25, 0.3) is 0 Å². The highest BCUT2D eigenvalue weighted by atomic mass is 32.2. The molecule has 1 aromatic heterocycles. The Bertz CT molecular complexity index is 682. The SMILES string of the molecule is NCc1ccc(S(=O)(=O)NCCc2ccc(O)cc2)cn1. The number of phenols is 1. The molecule has 7 heteroatoms. The lowest BCUT2D eigenvalue weighted by Crippen LogP contribution is -2.26. The first-order valence-electron chi connectivity index (χ1n) is 6.44. The Labute approximate surface area is 123 Å². The van der Waals surface area contributed by atoms with Gasteiger partial charge in [-0.05, 0) is 36.2 Å². The van der Waals surface area contributed by atoms with Crippen LogP contribution in [-0.4, -0.2) is 25.1 Å². The number of nitrogens with zero attached hydrogens (tertiary/aromatic N) is 1. The lowest BCUT2D eigenvalue weighted by molar-refractivity contribution is 0.475. The fourth-order valence-electron chi connectivity index (χ4n) is 1.77. The van der Waals surface area contributed by atoms with Crippen LogP contribution in [0, 0.1) is 0 Å². The topological polar surface area (TPSA) is 105 Å². The molecule has 0 radical (unpaired) electrons. The van der Waals surface area contributed by atoms with E-state index in [1.165, 1.54) is 12.3 Å². The maximum Gasteiger partial charge on any atom is 0.242 e. The van der Waals surface area contributed by atoms with Crippen LogP contribution in [0.4, 0.5) is 0 Å². The molecular weight excluding hydrogens is 290 g/mol. The molecule has 0 bridgehead atoms. The van der Waals surface area contributed by atoms with Gasteiger partial charge in [0.15, 0.2) is 0 Å². The van der Waals surface area contributed by atoms with E-state index in [1.54, 1.807) is 30.3 Å². The van der Waals surface area contributed by atoms with Gasteiger partial charge in [-0.25, -0.2) is 13.1 Å². The first-order valence-corrected chi connectivity index (χ1v) is 7.92. The molecule has 1 aromatic carbocycles. The number of nitrogens with two attached hydrogens (primary N) is 1. The van der Waals surface area contributed by atoms with E-state index in [0.717, 1.165) is 5.56 Å². The first-order chi connectivity index (χ1) is 10.0. The molecule has 0 saturated heterocycles.